The molecule has 1 aliphatic rings. The van der Waals surface area contributed by atoms with Gasteiger partial charge in [-0.15, -0.1) is 11.3 Å². The van der Waals surface area contributed by atoms with Gasteiger partial charge >= 0.3 is 5.97 Å². The maximum atomic E-state index is 12.7. The number of Topliss-reactive ketones (excluding diaryl/α,β-unsaturated/α-hetero) is 1. The molecule has 0 bridgehead atoms. The molecule has 3 aromatic rings. The minimum Gasteiger partial charge on any atom is -0.497 e. The monoisotopic (exact) mass is 406 g/mol. The number of hydrogen-bond acceptors (Lipinski definition) is 6. The summed E-state index contributed by atoms with van der Waals surface area (Å²) in [7, 11) is 1.59. The van der Waals surface area contributed by atoms with Gasteiger partial charge in [0.1, 0.15) is 17.2 Å². The summed E-state index contributed by atoms with van der Waals surface area (Å²) >= 11 is 1.52. The zero-order valence-corrected chi connectivity index (χ0v) is 16.7. The maximum absolute atomic E-state index is 12.7. The topological polar surface area (TPSA) is 61.8 Å². The predicted octanol–water partition coefficient (Wildman–Crippen LogP) is 4.83. The van der Waals surface area contributed by atoms with Crippen molar-refractivity contribution in [2.45, 2.75) is 13.3 Å². The SMILES string of the molecule is COc1ccc(CC(=O)Oc2cc(C)c3c(c2)O/C(=C\c2cccs2)C3=O)cc1. The molecule has 0 spiro atoms. The smallest absolute Gasteiger partial charge is 0.315 e. The van der Waals surface area contributed by atoms with Crippen molar-refractivity contribution in [2.24, 2.45) is 0 Å². The van der Waals surface area contributed by atoms with E-state index in [-0.39, 0.29) is 18.0 Å². The van der Waals surface area contributed by atoms with Crippen molar-refractivity contribution in [2.75, 3.05) is 7.11 Å². The van der Waals surface area contributed by atoms with E-state index in [0.29, 0.717) is 22.6 Å². The number of methoxy groups -OCH3 is 1. The summed E-state index contributed by atoms with van der Waals surface area (Å²) < 4.78 is 16.3. The van der Waals surface area contributed by atoms with Crippen molar-refractivity contribution in [3.63, 3.8) is 0 Å². The Morgan fingerprint density at radius 2 is 1.93 bits per heavy atom. The number of fused-ring (bicyclic) bond motifs is 1. The molecule has 2 heterocycles. The first kappa shape index (κ1) is 19.0. The Hall–Kier alpha value is -3.38. The zero-order chi connectivity index (χ0) is 20.4. The normalized spacial score (nSPS) is 13.9. The highest BCUT2D eigenvalue weighted by molar-refractivity contribution is 7.10. The van der Waals surface area contributed by atoms with E-state index >= 15 is 0 Å². The lowest BCUT2D eigenvalue weighted by atomic mass is 10.0. The first-order valence-corrected chi connectivity index (χ1v) is 9.87. The maximum Gasteiger partial charge on any atom is 0.315 e. The molecule has 0 aliphatic carbocycles. The molecule has 0 fully saturated rings. The van der Waals surface area contributed by atoms with Crippen LogP contribution in [0.4, 0.5) is 0 Å². The van der Waals surface area contributed by atoms with Crippen molar-refractivity contribution in [3.05, 3.63) is 81.2 Å². The molecule has 0 atom stereocenters. The van der Waals surface area contributed by atoms with Crippen LogP contribution in [0.1, 0.15) is 26.4 Å². The van der Waals surface area contributed by atoms with Crippen LogP contribution in [0.15, 0.2) is 59.7 Å². The number of carbonyl (C=O) groups excluding carboxylic acids is 2. The van der Waals surface area contributed by atoms with E-state index in [0.717, 1.165) is 16.2 Å². The van der Waals surface area contributed by atoms with Gasteiger partial charge in [0.2, 0.25) is 5.78 Å². The second-order valence-corrected chi connectivity index (χ2v) is 7.55. The molecule has 1 aliphatic heterocycles. The molecule has 6 heteroatoms. The van der Waals surface area contributed by atoms with E-state index < -0.39 is 5.97 Å². The Labute approximate surface area is 172 Å². The van der Waals surface area contributed by atoms with Crippen LogP contribution in [0, 0.1) is 6.92 Å². The quantitative estimate of drug-likeness (QED) is 0.345. The third kappa shape index (κ3) is 4.07. The molecule has 0 unspecified atom stereocenters. The van der Waals surface area contributed by atoms with Crippen LogP contribution < -0.4 is 14.2 Å². The number of esters is 1. The highest BCUT2D eigenvalue weighted by Crippen LogP contribution is 2.37. The molecule has 29 heavy (non-hydrogen) atoms. The Morgan fingerprint density at radius 3 is 2.62 bits per heavy atom. The number of hydrogen-bond donors (Lipinski definition) is 0. The van der Waals surface area contributed by atoms with Gasteiger partial charge in [-0.2, -0.15) is 0 Å². The van der Waals surface area contributed by atoms with Gasteiger partial charge in [-0.05, 0) is 47.7 Å². The highest BCUT2D eigenvalue weighted by atomic mass is 32.1. The summed E-state index contributed by atoms with van der Waals surface area (Å²) in [6, 6.07) is 14.3. The molecular formula is C23H18O5S. The highest BCUT2D eigenvalue weighted by Gasteiger charge is 2.30. The van der Waals surface area contributed by atoms with E-state index in [1.807, 2.05) is 29.6 Å². The molecule has 0 saturated heterocycles. The van der Waals surface area contributed by atoms with E-state index in [1.165, 1.54) is 11.3 Å². The molecular weight excluding hydrogens is 388 g/mol. The summed E-state index contributed by atoms with van der Waals surface area (Å²) in [4.78, 5) is 25.9. The van der Waals surface area contributed by atoms with E-state index in [9.17, 15) is 9.59 Å². The number of aryl methyl sites for hydroxylation is 1. The largest absolute Gasteiger partial charge is 0.497 e. The van der Waals surface area contributed by atoms with Crippen LogP contribution >= 0.6 is 11.3 Å². The summed E-state index contributed by atoms with van der Waals surface area (Å²) in [5.74, 6) is 1.20. The number of ether oxygens (including phenoxy) is 3. The van der Waals surface area contributed by atoms with E-state index in [4.69, 9.17) is 14.2 Å². The van der Waals surface area contributed by atoms with Crippen molar-refractivity contribution in [1.29, 1.82) is 0 Å². The number of allylic oxidation sites excluding steroid dienone is 1. The number of ketones is 1. The van der Waals surface area contributed by atoms with E-state index in [1.54, 1.807) is 44.4 Å². The molecule has 4 rings (SSSR count). The fourth-order valence-electron chi connectivity index (χ4n) is 3.12. The van der Waals surface area contributed by atoms with Crippen LogP contribution in [-0.2, 0) is 11.2 Å². The van der Waals surface area contributed by atoms with Crippen LogP contribution in [0.2, 0.25) is 0 Å². The lowest BCUT2D eigenvalue weighted by Gasteiger charge is -2.08. The van der Waals surface area contributed by atoms with Gasteiger partial charge in [0.25, 0.3) is 0 Å². The van der Waals surface area contributed by atoms with Gasteiger partial charge in [0.05, 0.1) is 19.1 Å². The van der Waals surface area contributed by atoms with Gasteiger partial charge in [-0.25, -0.2) is 0 Å². The number of rotatable bonds is 5. The fraction of sp³-hybridized carbons (Fsp3) is 0.130. The zero-order valence-electron chi connectivity index (χ0n) is 15.9. The Kier molecular flexibility index (Phi) is 5.18. The van der Waals surface area contributed by atoms with Gasteiger partial charge < -0.3 is 14.2 Å². The molecule has 1 aromatic heterocycles. The van der Waals surface area contributed by atoms with Gasteiger partial charge in [0, 0.05) is 17.0 Å². The summed E-state index contributed by atoms with van der Waals surface area (Å²) in [6.07, 6.45) is 1.85. The third-order valence-electron chi connectivity index (χ3n) is 4.50. The van der Waals surface area contributed by atoms with Crippen LogP contribution in [-0.4, -0.2) is 18.9 Å². The molecule has 0 amide bonds. The molecule has 0 radical (unpaired) electrons. The lowest BCUT2D eigenvalue weighted by Crippen LogP contribution is -2.11. The molecule has 146 valence electrons. The summed E-state index contributed by atoms with van der Waals surface area (Å²) in [5.41, 5.74) is 2.03. The lowest BCUT2D eigenvalue weighted by molar-refractivity contribution is -0.133. The number of thiophene rings is 1. The second-order valence-electron chi connectivity index (χ2n) is 6.57. The minimum atomic E-state index is -0.395. The first-order chi connectivity index (χ1) is 14.0. The number of carbonyl (C=O) groups is 2. The van der Waals surface area contributed by atoms with Crippen LogP contribution in [0.5, 0.6) is 17.2 Å². The van der Waals surface area contributed by atoms with Crippen molar-refractivity contribution >= 4 is 29.2 Å². The van der Waals surface area contributed by atoms with Gasteiger partial charge in [-0.3, -0.25) is 9.59 Å². The van der Waals surface area contributed by atoms with E-state index in [2.05, 4.69) is 0 Å². The fourth-order valence-corrected chi connectivity index (χ4v) is 3.76. The van der Waals surface area contributed by atoms with Crippen LogP contribution in [0.25, 0.3) is 6.08 Å². The average molecular weight is 406 g/mol. The van der Waals surface area contributed by atoms with Gasteiger partial charge in [0.15, 0.2) is 5.76 Å². The molecule has 0 N–H and O–H groups in total. The van der Waals surface area contributed by atoms with Crippen molar-refractivity contribution in [1.82, 2.24) is 0 Å². The first-order valence-electron chi connectivity index (χ1n) is 8.99. The van der Waals surface area contributed by atoms with Gasteiger partial charge in [-0.1, -0.05) is 18.2 Å². The second kappa shape index (κ2) is 7.93. The predicted molar refractivity (Wildman–Crippen MR) is 111 cm³/mol. The Morgan fingerprint density at radius 1 is 1.14 bits per heavy atom. The van der Waals surface area contributed by atoms with Crippen LogP contribution in [0.3, 0.4) is 0 Å². The standard InChI is InChI=1S/C23H18O5S/c1-14-10-17(27-21(24)11-15-5-7-16(26-2)8-6-15)12-19-22(14)23(25)20(28-19)13-18-4-3-9-29-18/h3-10,12-13H,11H2,1-2H3/b20-13-. The average Bonchev–Trinajstić information content (AvgIpc) is 3.31. The molecule has 2 aromatic carbocycles. The third-order valence-corrected chi connectivity index (χ3v) is 5.32. The van der Waals surface area contributed by atoms with Crippen molar-refractivity contribution < 1.29 is 23.8 Å². The minimum absolute atomic E-state index is 0.128. The Bertz CT molecular complexity index is 1100. The molecule has 5 nitrogen and oxygen atoms in total. The van der Waals surface area contributed by atoms with Crippen molar-refractivity contribution in [3.8, 4) is 17.2 Å². The summed E-state index contributed by atoms with van der Waals surface area (Å²) in [6.45, 7) is 1.80. The number of benzene rings is 2. The Balaban J connectivity index is 1.50. The summed E-state index contributed by atoms with van der Waals surface area (Å²) in [5, 5.41) is 1.94. The molecule has 0 saturated carbocycles.